The lowest BCUT2D eigenvalue weighted by molar-refractivity contribution is 0.0208. The molecule has 254 valence electrons. The fourth-order valence-electron chi connectivity index (χ4n) is 6.67. The summed E-state index contributed by atoms with van der Waals surface area (Å²) >= 11 is 0. The van der Waals surface area contributed by atoms with Crippen LogP contribution in [0.25, 0.3) is 33.6 Å². The van der Waals surface area contributed by atoms with E-state index in [-0.39, 0.29) is 24.3 Å². The van der Waals surface area contributed by atoms with Crippen molar-refractivity contribution in [3.8, 4) is 33.6 Å². The van der Waals surface area contributed by atoms with Crippen LogP contribution in [-0.2, 0) is 9.47 Å². The van der Waals surface area contributed by atoms with E-state index in [9.17, 15) is 9.59 Å². The van der Waals surface area contributed by atoms with Gasteiger partial charge >= 0.3 is 12.2 Å². The second-order valence-corrected chi connectivity index (χ2v) is 15.0. The Hall–Kier alpha value is -4.60. The number of hydrogen-bond donors (Lipinski definition) is 2. The first kappa shape index (κ1) is 33.3. The Balaban J connectivity index is 1.15. The third-order valence-electron chi connectivity index (χ3n) is 8.85. The molecule has 0 unspecified atom stereocenters. The summed E-state index contributed by atoms with van der Waals surface area (Å²) in [6.45, 7) is 16.7. The van der Waals surface area contributed by atoms with Crippen molar-refractivity contribution in [1.29, 1.82) is 0 Å². The Morgan fingerprint density at radius 2 is 0.958 bits per heavy atom. The molecule has 0 aliphatic carbocycles. The molecular weight excluding hydrogens is 604 g/mol. The number of carbonyl (C=O) groups excluding carboxylic acids is 2. The lowest BCUT2D eigenvalue weighted by Gasteiger charge is -2.27. The van der Waals surface area contributed by atoms with Crippen molar-refractivity contribution < 1.29 is 19.1 Å². The molecule has 2 aliphatic rings. The zero-order valence-electron chi connectivity index (χ0n) is 29.4. The van der Waals surface area contributed by atoms with Gasteiger partial charge in [-0.2, -0.15) is 0 Å². The molecule has 2 atom stereocenters. The van der Waals surface area contributed by atoms with Crippen molar-refractivity contribution in [2.45, 2.75) is 104 Å². The van der Waals surface area contributed by atoms with E-state index in [1.165, 1.54) is 0 Å². The van der Waals surface area contributed by atoms with Crippen LogP contribution in [0, 0.1) is 13.8 Å². The van der Waals surface area contributed by atoms with Crippen molar-refractivity contribution in [3.63, 3.8) is 0 Å². The summed E-state index contributed by atoms with van der Waals surface area (Å²) in [7, 11) is 0. The Morgan fingerprint density at radius 3 is 1.29 bits per heavy atom. The highest BCUT2D eigenvalue weighted by Gasteiger charge is 2.36. The Bertz CT molecular complexity index is 1640. The smallest absolute Gasteiger partial charge is 0.410 e. The molecule has 2 aromatic heterocycles. The monoisotopic (exact) mass is 652 g/mol. The Kier molecular flexibility index (Phi) is 8.87. The molecule has 2 amide bonds. The van der Waals surface area contributed by atoms with Gasteiger partial charge in [0.25, 0.3) is 0 Å². The topological polar surface area (TPSA) is 116 Å². The van der Waals surface area contributed by atoms with Crippen molar-refractivity contribution in [1.82, 2.24) is 29.7 Å². The van der Waals surface area contributed by atoms with Crippen LogP contribution in [0.2, 0.25) is 0 Å². The highest BCUT2D eigenvalue weighted by atomic mass is 16.6. The number of rotatable bonds is 5. The third kappa shape index (κ3) is 7.12. The van der Waals surface area contributed by atoms with Gasteiger partial charge < -0.3 is 19.4 Å². The molecule has 6 rings (SSSR count). The van der Waals surface area contributed by atoms with E-state index in [1.807, 2.05) is 55.4 Å². The molecule has 2 saturated heterocycles. The summed E-state index contributed by atoms with van der Waals surface area (Å²) in [5.74, 6) is 1.60. The normalized spacial score (nSPS) is 18.4. The maximum Gasteiger partial charge on any atom is 0.410 e. The summed E-state index contributed by atoms with van der Waals surface area (Å²) in [5, 5.41) is 0. The average Bonchev–Trinajstić information content (AvgIpc) is 3.81. The van der Waals surface area contributed by atoms with Crippen molar-refractivity contribution >= 4 is 12.2 Å². The second-order valence-electron chi connectivity index (χ2n) is 15.0. The summed E-state index contributed by atoms with van der Waals surface area (Å²) < 4.78 is 11.3. The van der Waals surface area contributed by atoms with Crippen LogP contribution in [-0.4, -0.2) is 66.2 Å². The van der Waals surface area contributed by atoms with Gasteiger partial charge in [-0.3, -0.25) is 9.80 Å². The summed E-state index contributed by atoms with van der Waals surface area (Å²) in [4.78, 5) is 46.1. The van der Waals surface area contributed by atoms with Crippen LogP contribution in [0.15, 0.2) is 48.5 Å². The number of amides is 2. The zero-order chi connectivity index (χ0) is 34.4. The van der Waals surface area contributed by atoms with Gasteiger partial charge in [0.2, 0.25) is 0 Å². The molecule has 2 aromatic carbocycles. The van der Waals surface area contributed by atoms with E-state index in [4.69, 9.17) is 19.4 Å². The number of nitrogens with zero attached hydrogens (tertiary/aromatic N) is 4. The number of aromatic nitrogens is 4. The predicted molar refractivity (Wildman–Crippen MR) is 186 cm³/mol. The molecule has 48 heavy (non-hydrogen) atoms. The van der Waals surface area contributed by atoms with Gasteiger partial charge in [0.1, 0.15) is 22.9 Å². The molecule has 4 heterocycles. The van der Waals surface area contributed by atoms with Gasteiger partial charge in [0.05, 0.1) is 23.5 Å². The molecular formula is C38H48N6O4. The summed E-state index contributed by atoms with van der Waals surface area (Å²) in [6, 6.07) is 16.6. The maximum absolute atomic E-state index is 12.9. The molecule has 10 nitrogen and oxygen atoms in total. The lowest BCUT2D eigenvalue weighted by Crippen LogP contribution is -2.36. The number of likely N-dealkylation sites (tertiary alicyclic amines) is 2. The summed E-state index contributed by atoms with van der Waals surface area (Å²) in [6.07, 6.45) is 2.95. The van der Waals surface area contributed by atoms with Crippen molar-refractivity contribution in [2.75, 3.05) is 13.1 Å². The first-order valence-corrected chi connectivity index (χ1v) is 17.0. The van der Waals surface area contributed by atoms with Gasteiger partial charge in [-0.15, -0.1) is 0 Å². The SMILES string of the molecule is Cc1[nH]c([C@H]2CCCN2C(=O)OC(C)(C)C)nc1-c1ccc(-c2ccc(-c3nc([C@H]4CCCN4C(=O)OC(C)(C)C)[nH]c3C)cc2)cc1. The molecule has 0 saturated carbocycles. The van der Waals surface area contributed by atoms with E-state index in [1.54, 1.807) is 9.80 Å². The van der Waals surface area contributed by atoms with E-state index in [0.29, 0.717) is 13.1 Å². The number of aromatic amines is 2. The molecule has 0 bridgehead atoms. The Morgan fingerprint density at radius 1 is 0.625 bits per heavy atom. The number of carbonyl (C=O) groups is 2. The van der Waals surface area contributed by atoms with Crippen LogP contribution in [0.4, 0.5) is 9.59 Å². The number of hydrogen-bond acceptors (Lipinski definition) is 6. The minimum Gasteiger partial charge on any atom is -0.444 e. The minimum atomic E-state index is -0.542. The largest absolute Gasteiger partial charge is 0.444 e. The number of aryl methyl sites for hydroxylation is 2. The lowest BCUT2D eigenvalue weighted by atomic mass is 10.0. The number of imidazole rings is 2. The summed E-state index contributed by atoms with van der Waals surface area (Å²) in [5.41, 5.74) is 6.87. The van der Waals surface area contributed by atoms with Gasteiger partial charge in [0.15, 0.2) is 0 Å². The van der Waals surface area contributed by atoms with E-state index in [2.05, 4.69) is 58.5 Å². The zero-order valence-corrected chi connectivity index (χ0v) is 29.4. The predicted octanol–water partition coefficient (Wildman–Crippen LogP) is 8.89. The fraction of sp³-hybridized carbons (Fsp3) is 0.474. The molecule has 4 aromatic rings. The van der Waals surface area contributed by atoms with Crippen LogP contribution < -0.4 is 0 Å². The minimum absolute atomic E-state index is 0.124. The van der Waals surface area contributed by atoms with Gasteiger partial charge in [-0.25, -0.2) is 19.6 Å². The molecule has 2 fully saturated rings. The fourth-order valence-corrected chi connectivity index (χ4v) is 6.67. The van der Waals surface area contributed by atoms with E-state index >= 15 is 0 Å². The number of nitrogens with one attached hydrogen (secondary N) is 2. The molecule has 0 spiro atoms. The van der Waals surface area contributed by atoms with E-state index in [0.717, 1.165) is 82.4 Å². The number of benzene rings is 2. The van der Waals surface area contributed by atoms with Crippen LogP contribution in [0.3, 0.4) is 0 Å². The number of ether oxygens (including phenoxy) is 2. The van der Waals surface area contributed by atoms with Crippen LogP contribution in [0.5, 0.6) is 0 Å². The van der Waals surface area contributed by atoms with Crippen molar-refractivity contribution in [2.24, 2.45) is 0 Å². The number of H-pyrrole nitrogens is 2. The molecule has 2 aliphatic heterocycles. The highest BCUT2D eigenvalue weighted by molar-refractivity contribution is 5.73. The van der Waals surface area contributed by atoms with Gasteiger partial charge in [-0.05, 0) is 92.2 Å². The molecule has 2 N–H and O–H groups in total. The van der Waals surface area contributed by atoms with Gasteiger partial charge in [0, 0.05) is 35.6 Å². The average molecular weight is 653 g/mol. The molecule has 0 radical (unpaired) electrons. The maximum atomic E-state index is 12.9. The standard InChI is InChI=1S/C38H48N6O4/c1-23-31(41-33(39-23)29-11-9-21-43(29)35(45)47-37(3,4)5)27-17-13-25(14-18-27)26-15-19-28(20-16-26)32-24(2)40-34(42-32)30-12-10-22-44(30)36(46)48-38(6,7)8/h13-20,29-30H,9-12,21-22H2,1-8H3,(H,39,41)(H,40,42)/t29-,30-/m1/s1. The van der Waals surface area contributed by atoms with Crippen LogP contribution in [0.1, 0.15) is 102 Å². The highest BCUT2D eigenvalue weighted by Crippen LogP contribution is 2.36. The Labute approximate surface area is 283 Å². The molecule has 10 heteroatoms. The van der Waals surface area contributed by atoms with Crippen molar-refractivity contribution in [3.05, 3.63) is 71.6 Å². The first-order valence-electron chi connectivity index (χ1n) is 17.0. The third-order valence-corrected chi connectivity index (χ3v) is 8.85. The first-order chi connectivity index (χ1) is 22.7. The quantitative estimate of drug-likeness (QED) is 0.222. The van der Waals surface area contributed by atoms with E-state index < -0.39 is 11.2 Å². The van der Waals surface area contributed by atoms with Gasteiger partial charge in [-0.1, -0.05) is 48.5 Å². The van der Waals surface area contributed by atoms with Crippen LogP contribution >= 0.6 is 0 Å². The second kappa shape index (κ2) is 12.8.